The highest BCUT2D eigenvalue weighted by Crippen LogP contribution is 2.01. The number of oxime groups is 2. The smallest absolute Gasteiger partial charge is 0.268 e. The van der Waals surface area contributed by atoms with Gasteiger partial charge in [0.05, 0.1) is 12.5 Å². The minimum atomic E-state index is -3.72. The first-order chi connectivity index (χ1) is 8.09. The molecule has 0 radical (unpaired) electrons. The molecule has 0 unspecified atom stereocenters. The summed E-state index contributed by atoms with van der Waals surface area (Å²) >= 11 is 0. The molecule has 0 bridgehead atoms. The van der Waals surface area contributed by atoms with Gasteiger partial charge in [-0.05, 0) is 12.8 Å². The molecule has 8 nitrogen and oxygen atoms in total. The van der Waals surface area contributed by atoms with Gasteiger partial charge >= 0.3 is 20.2 Å². The van der Waals surface area contributed by atoms with Gasteiger partial charge in [0.2, 0.25) is 0 Å². The highest BCUT2D eigenvalue weighted by atomic mass is 32.2. The maximum atomic E-state index is 10.8. The molecule has 18 heavy (non-hydrogen) atoms. The maximum absolute atomic E-state index is 10.8. The van der Waals surface area contributed by atoms with Crippen molar-refractivity contribution in [2.75, 3.05) is 12.5 Å². The first kappa shape index (κ1) is 16.8. The second kappa shape index (κ2) is 6.69. The molecular weight excluding hydrogens is 284 g/mol. The minimum absolute atomic E-state index is 0.201. The number of hydrogen-bond donors (Lipinski definition) is 0. The van der Waals surface area contributed by atoms with Crippen LogP contribution >= 0.6 is 0 Å². The SMILES string of the molecule is CCC(=NOS(C)(=O)=O)C(CC)=NOS(C)(=O)=O. The predicted octanol–water partition coefficient (Wildman–Crippen LogP) is 0.471. The van der Waals surface area contributed by atoms with E-state index >= 15 is 0 Å². The van der Waals surface area contributed by atoms with E-state index in [-0.39, 0.29) is 11.4 Å². The summed E-state index contributed by atoms with van der Waals surface area (Å²) < 4.78 is 51.7. The number of hydrogen-bond acceptors (Lipinski definition) is 8. The Kier molecular flexibility index (Phi) is 6.26. The Morgan fingerprint density at radius 1 is 0.833 bits per heavy atom. The Labute approximate surface area is 107 Å². The van der Waals surface area contributed by atoms with E-state index < -0.39 is 20.2 Å². The van der Waals surface area contributed by atoms with E-state index in [0.717, 1.165) is 12.5 Å². The van der Waals surface area contributed by atoms with E-state index in [4.69, 9.17) is 0 Å². The van der Waals surface area contributed by atoms with Crippen LogP contribution in [0.25, 0.3) is 0 Å². The Morgan fingerprint density at radius 3 is 1.28 bits per heavy atom. The second-order valence-electron chi connectivity index (χ2n) is 3.34. The zero-order valence-corrected chi connectivity index (χ0v) is 12.2. The van der Waals surface area contributed by atoms with E-state index in [1.807, 2.05) is 0 Å². The lowest BCUT2D eigenvalue weighted by molar-refractivity contribution is 0.337. The summed E-state index contributed by atoms with van der Waals surface area (Å²) in [7, 11) is -7.43. The lowest BCUT2D eigenvalue weighted by Gasteiger charge is -2.04. The molecule has 0 saturated carbocycles. The van der Waals surface area contributed by atoms with Gasteiger partial charge in [-0.25, -0.2) is 0 Å². The molecule has 0 aliphatic carbocycles. The molecule has 0 rings (SSSR count). The summed E-state index contributed by atoms with van der Waals surface area (Å²) in [5.74, 6) is 0. The van der Waals surface area contributed by atoms with Crippen molar-refractivity contribution in [2.45, 2.75) is 26.7 Å². The predicted molar refractivity (Wildman–Crippen MR) is 67.3 cm³/mol. The number of rotatable bonds is 7. The molecule has 0 N–H and O–H groups in total. The van der Waals surface area contributed by atoms with Crippen LogP contribution in [0.5, 0.6) is 0 Å². The average molecular weight is 300 g/mol. The van der Waals surface area contributed by atoms with E-state index in [2.05, 4.69) is 18.9 Å². The molecule has 0 amide bonds. The topological polar surface area (TPSA) is 111 Å². The number of nitrogens with zero attached hydrogens (tertiary/aromatic N) is 2. The van der Waals surface area contributed by atoms with Crippen molar-refractivity contribution in [3.8, 4) is 0 Å². The summed E-state index contributed by atoms with van der Waals surface area (Å²) in [6.45, 7) is 3.38. The molecular formula is C8H16N2O6S2. The fourth-order valence-corrected chi connectivity index (χ4v) is 1.32. The van der Waals surface area contributed by atoms with Gasteiger partial charge in [0.1, 0.15) is 11.4 Å². The second-order valence-corrected chi connectivity index (χ2v) is 6.46. The molecule has 10 heteroatoms. The Bertz CT molecular complexity index is 482. The van der Waals surface area contributed by atoms with E-state index in [1.54, 1.807) is 13.8 Å². The van der Waals surface area contributed by atoms with Crippen LogP contribution in [-0.2, 0) is 28.8 Å². The van der Waals surface area contributed by atoms with Crippen molar-refractivity contribution in [3.63, 3.8) is 0 Å². The first-order valence-electron chi connectivity index (χ1n) is 5.00. The minimum Gasteiger partial charge on any atom is -0.268 e. The molecule has 0 aliphatic rings. The van der Waals surface area contributed by atoms with Gasteiger partial charge in [-0.15, -0.1) is 0 Å². The van der Waals surface area contributed by atoms with Crippen LogP contribution in [0.2, 0.25) is 0 Å². The van der Waals surface area contributed by atoms with Crippen molar-refractivity contribution >= 4 is 31.7 Å². The summed E-state index contributed by atoms with van der Waals surface area (Å²) in [5.41, 5.74) is 0.401. The molecule has 0 aliphatic heterocycles. The molecule has 0 atom stereocenters. The van der Waals surface area contributed by atoms with Crippen LogP contribution < -0.4 is 0 Å². The molecule has 0 aromatic heterocycles. The Morgan fingerprint density at radius 2 is 1.11 bits per heavy atom. The van der Waals surface area contributed by atoms with Crippen molar-refractivity contribution in [1.82, 2.24) is 0 Å². The van der Waals surface area contributed by atoms with E-state index in [0.29, 0.717) is 12.8 Å². The normalized spacial score (nSPS) is 14.4. The first-order valence-corrected chi connectivity index (χ1v) is 8.63. The third-order valence-electron chi connectivity index (χ3n) is 1.57. The monoisotopic (exact) mass is 300 g/mol. The van der Waals surface area contributed by atoms with Gasteiger partial charge in [0.25, 0.3) is 0 Å². The largest absolute Gasteiger partial charge is 0.325 e. The zero-order valence-electron chi connectivity index (χ0n) is 10.6. The standard InChI is InChI=1S/C8H16N2O6S2/c1-5-7(9-15-17(3,11)12)8(6-2)10-16-18(4,13)14/h5-6H2,1-4H3. The Balaban J connectivity index is 5.11. The summed E-state index contributed by atoms with van der Waals surface area (Å²) in [6, 6.07) is 0. The van der Waals surface area contributed by atoms with Crippen LogP contribution in [-0.4, -0.2) is 40.8 Å². The maximum Gasteiger partial charge on any atom is 0.325 e. The summed E-state index contributed by atoms with van der Waals surface area (Å²) in [6.07, 6.45) is 2.32. The molecule has 0 saturated heterocycles. The van der Waals surface area contributed by atoms with E-state index in [1.165, 1.54) is 0 Å². The van der Waals surface area contributed by atoms with Crippen molar-refractivity contribution in [3.05, 3.63) is 0 Å². The van der Waals surface area contributed by atoms with Crippen LogP contribution in [0, 0.1) is 0 Å². The zero-order chi connectivity index (χ0) is 14.4. The summed E-state index contributed by atoms with van der Waals surface area (Å²) in [5, 5.41) is 6.82. The highest BCUT2D eigenvalue weighted by molar-refractivity contribution is 7.86. The lowest BCUT2D eigenvalue weighted by atomic mass is 10.1. The van der Waals surface area contributed by atoms with Crippen molar-refractivity contribution < 1.29 is 25.4 Å². The molecule has 0 fully saturated rings. The van der Waals surface area contributed by atoms with Gasteiger partial charge in [0, 0.05) is 0 Å². The van der Waals surface area contributed by atoms with Gasteiger partial charge in [-0.1, -0.05) is 24.2 Å². The third-order valence-corrected chi connectivity index (χ3v) is 2.26. The molecule has 0 aromatic rings. The Hall–Kier alpha value is -1.16. The fraction of sp³-hybridized carbons (Fsp3) is 0.750. The van der Waals surface area contributed by atoms with Crippen LogP contribution in [0.3, 0.4) is 0 Å². The highest BCUT2D eigenvalue weighted by Gasteiger charge is 2.11. The summed E-state index contributed by atoms with van der Waals surface area (Å²) in [4.78, 5) is 0. The third kappa shape index (κ3) is 8.01. The van der Waals surface area contributed by atoms with E-state index in [9.17, 15) is 16.8 Å². The molecule has 0 aromatic carbocycles. The molecule has 0 spiro atoms. The van der Waals surface area contributed by atoms with Crippen molar-refractivity contribution in [2.24, 2.45) is 10.3 Å². The quantitative estimate of drug-likeness (QED) is 0.499. The molecule has 0 heterocycles. The lowest BCUT2D eigenvalue weighted by Crippen LogP contribution is -2.15. The van der Waals surface area contributed by atoms with Gasteiger partial charge in [0.15, 0.2) is 0 Å². The van der Waals surface area contributed by atoms with Crippen LogP contribution in [0.15, 0.2) is 10.3 Å². The van der Waals surface area contributed by atoms with Crippen LogP contribution in [0.1, 0.15) is 26.7 Å². The molecule has 106 valence electrons. The van der Waals surface area contributed by atoms with Gasteiger partial charge in [-0.2, -0.15) is 16.8 Å². The van der Waals surface area contributed by atoms with Crippen molar-refractivity contribution in [1.29, 1.82) is 0 Å². The van der Waals surface area contributed by atoms with Gasteiger partial charge in [-0.3, -0.25) is 8.57 Å². The average Bonchev–Trinajstić information content (AvgIpc) is 2.20. The van der Waals surface area contributed by atoms with Crippen LogP contribution in [0.4, 0.5) is 0 Å². The van der Waals surface area contributed by atoms with Gasteiger partial charge < -0.3 is 0 Å². The fourth-order valence-electron chi connectivity index (χ4n) is 0.868.